The van der Waals surface area contributed by atoms with Crippen LogP contribution in [0.3, 0.4) is 0 Å². The Balaban J connectivity index is 1.45. The molecule has 1 amide bonds. The van der Waals surface area contributed by atoms with Gasteiger partial charge in [0.25, 0.3) is 5.91 Å². The van der Waals surface area contributed by atoms with Crippen molar-refractivity contribution in [2.24, 2.45) is 5.92 Å². The second-order valence-electron chi connectivity index (χ2n) is 8.00. The number of likely N-dealkylation sites (tertiary alicyclic amines) is 1. The minimum Gasteiger partial charge on any atom is -0.451 e. The van der Waals surface area contributed by atoms with E-state index in [0.717, 1.165) is 37.1 Å². The average Bonchev–Trinajstić information content (AvgIpc) is 3.04. The van der Waals surface area contributed by atoms with Crippen molar-refractivity contribution >= 4 is 16.9 Å². The van der Waals surface area contributed by atoms with Crippen LogP contribution in [-0.4, -0.2) is 33.7 Å². The molecule has 2 aromatic heterocycles. The first-order chi connectivity index (χ1) is 13.9. The van der Waals surface area contributed by atoms with Crippen LogP contribution in [0.15, 0.2) is 39.5 Å². The molecular weight excluding hydrogens is 366 g/mol. The number of amides is 1. The molecule has 6 heteroatoms. The standard InChI is InChI=1S/C23H27N3O3/c1-4-17-5-6-21-19(12-17)20(27)13-22(29-21)23(28)25-9-7-18(8-10-25)14-26-16(3)11-15(2)24-26/h5-6,11-13,18H,4,7-10,14H2,1-3H3. The van der Waals surface area contributed by atoms with Crippen LogP contribution in [0.25, 0.3) is 11.0 Å². The van der Waals surface area contributed by atoms with E-state index in [2.05, 4.69) is 22.8 Å². The molecule has 0 radical (unpaired) electrons. The number of carbonyl (C=O) groups is 1. The molecule has 1 fully saturated rings. The van der Waals surface area contributed by atoms with Gasteiger partial charge in [-0.2, -0.15) is 5.10 Å². The first kappa shape index (κ1) is 19.4. The van der Waals surface area contributed by atoms with E-state index in [-0.39, 0.29) is 17.1 Å². The van der Waals surface area contributed by atoms with Gasteiger partial charge < -0.3 is 9.32 Å². The van der Waals surface area contributed by atoms with E-state index in [4.69, 9.17) is 4.42 Å². The Labute approximate surface area is 170 Å². The summed E-state index contributed by atoms with van der Waals surface area (Å²) in [5.74, 6) is 0.421. The summed E-state index contributed by atoms with van der Waals surface area (Å²) in [6.45, 7) is 8.33. The minimum absolute atomic E-state index is 0.128. The lowest BCUT2D eigenvalue weighted by atomic mass is 9.96. The molecule has 0 atom stereocenters. The number of hydrogen-bond acceptors (Lipinski definition) is 4. The van der Waals surface area contributed by atoms with Crippen molar-refractivity contribution in [2.45, 2.75) is 46.6 Å². The van der Waals surface area contributed by atoms with Crippen molar-refractivity contribution in [1.82, 2.24) is 14.7 Å². The molecule has 1 aliphatic rings. The minimum atomic E-state index is -0.201. The van der Waals surface area contributed by atoms with Gasteiger partial charge in [0.2, 0.25) is 0 Å². The van der Waals surface area contributed by atoms with Crippen molar-refractivity contribution in [3.63, 3.8) is 0 Å². The largest absolute Gasteiger partial charge is 0.451 e. The fourth-order valence-electron chi connectivity index (χ4n) is 4.11. The highest BCUT2D eigenvalue weighted by Crippen LogP contribution is 2.22. The number of aromatic nitrogens is 2. The molecule has 29 heavy (non-hydrogen) atoms. The number of benzene rings is 1. The van der Waals surface area contributed by atoms with Gasteiger partial charge in [-0.3, -0.25) is 14.3 Å². The first-order valence-electron chi connectivity index (χ1n) is 10.3. The highest BCUT2D eigenvalue weighted by atomic mass is 16.3. The zero-order valence-corrected chi connectivity index (χ0v) is 17.3. The highest BCUT2D eigenvalue weighted by molar-refractivity contribution is 5.93. The normalized spacial score (nSPS) is 15.2. The molecule has 0 spiro atoms. The summed E-state index contributed by atoms with van der Waals surface area (Å²) in [4.78, 5) is 27.2. The average molecular weight is 393 g/mol. The summed E-state index contributed by atoms with van der Waals surface area (Å²) in [5.41, 5.74) is 3.59. The smallest absolute Gasteiger partial charge is 0.289 e. The molecule has 4 rings (SSSR count). The summed E-state index contributed by atoms with van der Waals surface area (Å²) in [7, 11) is 0. The predicted octanol–water partition coefficient (Wildman–Crippen LogP) is 3.72. The van der Waals surface area contributed by atoms with Gasteiger partial charge in [-0.05, 0) is 62.8 Å². The van der Waals surface area contributed by atoms with Crippen LogP contribution >= 0.6 is 0 Å². The van der Waals surface area contributed by atoms with Gasteiger partial charge in [0.15, 0.2) is 11.2 Å². The number of rotatable bonds is 4. The highest BCUT2D eigenvalue weighted by Gasteiger charge is 2.26. The quantitative estimate of drug-likeness (QED) is 0.677. The van der Waals surface area contributed by atoms with Crippen molar-refractivity contribution in [1.29, 1.82) is 0 Å². The Morgan fingerprint density at radius 2 is 1.93 bits per heavy atom. The third-order valence-corrected chi connectivity index (χ3v) is 5.85. The van der Waals surface area contributed by atoms with Gasteiger partial charge in [0.05, 0.1) is 11.1 Å². The molecule has 6 nitrogen and oxygen atoms in total. The molecule has 1 aliphatic heterocycles. The van der Waals surface area contributed by atoms with E-state index in [0.29, 0.717) is 30.0 Å². The molecule has 0 unspecified atom stereocenters. The molecule has 1 aromatic carbocycles. The molecule has 3 aromatic rings. The number of nitrogens with zero attached hydrogens (tertiary/aromatic N) is 3. The van der Waals surface area contributed by atoms with Crippen LogP contribution in [0.2, 0.25) is 0 Å². The maximum absolute atomic E-state index is 12.9. The van der Waals surface area contributed by atoms with Crippen molar-refractivity contribution in [2.75, 3.05) is 13.1 Å². The number of fused-ring (bicyclic) bond motifs is 1. The Morgan fingerprint density at radius 1 is 1.17 bits per heavy atom. The molecule has 0 saturated carbocycles. The van der Waals surface area contributed by atoms with Crippen LogP contribution in [0.4, 0.5) is 0 Å². The molecule has 0 bridgehead atoms. The zero-order valence-electron chi connectivity index (χ0n) is 17.3. The van der Waals surface area contributed by atoms with Crippen LogP contribution in [0, 0.1) is 19.8 Å². The lowest BCUT2D eigenvalue weighted by Gasteiger charge is -2.31. The van der Waals surface area contributed by atoms with Crippen LogP contribution < -0.4 is 5.43 Å². The summed E-state index contributed by atoms with van der Waals surface area (Å²) in [6, 6.07) is 8.99. The van der Waals surface area contributed by atoms with Crippen LogP contribution in [0.1, 0.15) is 47.3 Å². The van der Waals surface area contributed by atoms with Gasteiger partial charge in [-0.1, -0.05) is 13.0 Å². The summed E-state index contributed by atoms with van der Waals surface area (Å²) in [6.07, 6.45) is 2.69. The summed E-state index contributed by atoms with van der Waals surface area (Å²) >= 11 is 0. The maximum Gasteiger partial charge on any atom is 0.289 e. The summed E-state index contributed by atoms with van der Waals surface area (Å²) in [5, 5.41) is 5.08. The third-order valence-electron chi connectivity index (χ3n) is 5.85. The van der Waals surface area contributed by atoms with Crippen molar-refractivity contribution in [3.05, 3.63) is 63.3 Å². The van der Waals surface area contributed by atoms with E-state index in [9.17, 15) is 9.59 Å². The van der Waals surface area contributed by atoms with E-state index in [1.54, 1.807) is 11.0 Å². The van der Waals surface area contributed by atoms with Gasteiger partial charge in [-0.25, -0.2) is 0 Å². The predicted molar refractivity (Wildman–Crippen MR) is 112 cm³/mol. The van der Waals surface area contributed by atoms with E-state index >= 15 is 0 Å². The molecule has 1 saturated heterocycles. The lowest BCUT2D eigenvalue weighted by Crippen LogP contribution is -2.39. The van der Waals surface area contributed by atoms with Crippen LogP contribution in [0.5, 0.6) is 0 Å². The third kappa shape index (κ3) is 3.97. The van der Waals surface area contributed by atoms with Crippen molar-refractivity contribution in [3.8, 4) is 0 Å². The molecule has 152 valence electrons. The lowest BCUT2D eigenvalue weighted by molar-refractivity contribution is 0.0649. The van der Waals surface area contributed by atoms with Gasteiger partial charge in [0.1, 0.15) is 5.58 Å². The maximum atomic E-state index is 12.9. The number of piperidine rings is 1. The molecule has 0 aliphatic carbocycles. The zero-order chi connectivity index (χ0) is 20.5. The van der Waals surface area contributed by atoms with E-state index < -0.39 is 0 Å². The van der Waals surface area contributed by atoms with Gasteiger partial charge in [-0.15, -0.1) is 0 Å². The number of hydrogen-bond donors (Lipinski definition) is 0. The Morgan fingerprint density at radius 3 is 2.59 bits per heavy atom. The number of aryl methyl sites for hydroxylation is 3. The molecule has 0 N–H and O–H groups in total. The van der Waals surface area contributed by atoms with Gasteiger partial charge in [0, 0.05) is 31.4 Å². The fraction of sp³-hybridized carbons (Fsp3) is 0.435. The monoisotopic (exact) mass is 393 g/mol. The molecular formula is C23H27N3O3. The summed E-state index contributed by atoms with van der Waals surface area (Å²) < 4.78 is 7.85. The number of carbonyl (C=O) groups excluding carboxylic acids is 1. The van der Waals surface area contributed by atoms with Crippen LogP contribution in [-0.2, 0) is 13.0 Å². The Bertz CT molecular complexity index is 1100. The topological polar surface area (TPSA) is 68.3 Å². The second kappa shape index (κ2) is 7.85. The molecule has 3 heterocycles. The first-order valence-corrected chi connectivity index (χ1v) is 10.3. The van der Waals surface area contributed by atoms with E-state index in [1.165, 1.54) is 11.8 Å². The fourth-order valence-corrected chi connectivity index (χ4v) is 4.11. The second-order valence-corrected chi connectivity index (χ2v) is 8.00. The van der Waals surface area contributed by atoms with Gasteiger partial charge >= 0.3 is 0 Å². The Kier molecular flexibility index (Phi) is 5.26. The SMILES string of the molecule is CCc1ccc2oc(C(=O)N3CCC(Cn4nc(C)cc4C)CC3)cc(=O)c2c1. The van der Waals surface area contributed by atoms with E-state index in [1.807, 2.05) is 26.0 Å². The Hall–Kier alpha value is -2.89. The van der Waals surface area contributed by atoms with Crippen molar-refractivity contribution < 1.29 is 9.21 Å².